The van der Waals surface area contributed by atoms with E-state index in [1.54, 1.807) is 6.07 Å². The van der Waals surface area contributed by atoms with Crippen molar-refractivity contribution in [1.29, 1.82) is 0 Å². The first-order valence-corrected chi connectivity index (χ1v) is 8.72. The van der Waals surface area contributed by atoms with E-state index in [0.29, 0.717) is 11.5 Å². The molecule has 1 aliphatic heterocycles. The van der Waals surface area contributed by atoms with Gasteiger partial charge in [-0.3, -0.25) is 4.79 Å². The topological polar surface area (TPSA) is 61.4 Å². The van der Waals surface area contributed by atoms with Crippen LogP contribution in [0.25, 0.3) is 11.4 Å². The number of benzene rings is 1. The molecule has 6 heteroatoms. The third-order valence-electron chi connectivity index (χ3n) is 4.22. The van der Waals surface area contributed by atoms with E-state index in [2.05, 4.69) is 27.1 Å². The molecule has 0 radical (unpaired) electrons. The number of amides is 1. The smallest absolute Gasteiger partial charge is 0.270 e. The Morgan fingerprint density at radius 2 is 1.76 bits per heavy atom. The van der Waals surface area contributed by atoms with Gasteiger partial charge in [-0.1, -0.05) is 30.3 Å². The van der Waals surface area contributed by atoms with Crippen LogP contribution in [0.3, 0.4) is 0 Å². The fourth-order valence-corrected chi connectivity index (χ4v) is 2.80. The van der Waals surface area contributed by atoms with Crippen LogP contribution in [0.1, 0.15) is 24.3 Å². The molecule has 0 aliphatic carbocycles. The molecule has 6 nitrogen and oxygen atoms in total. The Morgan fingerprint density at radius 3 is 2.40 bits per heavy atom. The highest BCUT2D eigenvalue weighted by atomic mass is 16.1. The van der Waals surface area contributed by atoms with E-state index in [4.69, 9.17) is 4.98 Å². The average molecular weight is 339 g/mol. The highest BCUT2D eigenvalue weighted by Crippen LogP contribution is 2.21. The summed E-state index contributed by atoms with van der Waals surface area (Å²) in [6.07, 6.45) is 0. The standard InChI is InChI=1S/C19H25N5O/c1-14(2)20-19(25)16-13-17(24-11-9-23(3)10-12-24)22-18(21-16)15-7-5-4-6-8-15/h4-8,13-14H,9-12H2,1-3H3,(H,20,25). The lowest BCUT2D eigenvalue weighted by molar-refractivity contribution is 0.0938. The van der Waals surface area contributed by atoms with Gasteiger partial charge in [-0.2, -0.15) is 0 Å². The Bertz CT molecular complexity index is 724. The van der Waals surface area contributed by atoms with Crippen LogP contribution in [0.4, 0.5) is 5.82 Å². The Labute approximate surface area is 148 Å². The van der Waals surface area contributed by atoms with Gasteiger partial charge in [0.15, 0.2) is 5.82 Å². The molecule has 0 atom stereocenters. The van der Waals surface area contributed by atoms with E-state index in [-0.39, 0.29) is 11.9 Å². The largest absolute Gasteiger partial charge is 0.354 e. The molecule has 1 N–H and O–H groups in total. The molecular weight excluding hydrogens is 314 g/mol. The molecule has 1 fully saturated rings. The maximum atomic E-state index is 12.5. The van der Waals surface area contributed by atoms with Crippen LogP contribution in [-0.4, -0.2) is 60.0 Å². The maximum absolute atomic E-state index is 12.5. The minimum Gasteiger partial charge on any atom is -0.354 e. The third-order valence-corrected chi connectivity index (χ3v) is 4.22. The van der Waals surface area contributed by atoms with Crippen LogP contribution < -0.4 is 10.2 Å². The highest BCUT2D eigenvalue weighted by Gasteiger charge is 2.20. The van der Waals surface area contributed by atoms with E-state index in [1.165, 1.54) is 0 Å². The number of hydrogen-bond acceptors (Lipinski definition) is 5. The van der Waals surface area contributed by atoms with Gasteiger partial charge in [0.2, 0.25) is 0 Å². The van der Waals surface area contributed by atoms with Gasteiger partial charge in [-0.25, -0.2) is 9.97 Å². The first-order chi connectivity index (χ1) is 12.0. The summed E-state index contributed by atoms with van der Waals surface area (Å²) in [7, 11) is 2.12. The molecule has 25 heavy (non-hydrogen) atoms. The van der Waals surface area contributed by atoms with E-state index in [1.807, 2.05) is 44.2 Å². The van der Waals surface area contributed by atoms with Crippen molar-refractivity contribution in [2.24, 2.45) is 0 Å². The number of likely N-dealkylation sites (N-methyl/N-ethyl adjacent to an activating group) is 1. The minimum atomic E-state index is -0.162. The van der Waals surface area contributed by atoms with Crippen molar-refractivity contribution >= 4 is 11.7 Å². The predicted octanol–water partition coefficient (Wildman–Crippen LogP) is 2.03. The summed E-state index contributed by atoms with van der Waals surface area (Å²) in [4.78, 5) is 26.3. The minimum absolute atomic E-state index is 0.0646. The number of rotatable bonds is 4. The summed E-state index contributed by atoms with van der Waals surface area (Å²) in [5, 5.41) is 2.92. The Balaban J connectivity index is 1.97. The molecule has 1 aromatic heterocycles. The molecule has 0 saturated carbocycles. The van der Waals surface area contributed by atoms with Crippen molar-refractivity contribution < 1.29 is 4.79 Å². The SMILES string of the molecule is CC(C)NC(=O)c1cc(N2CCN(C)CC2)nc(-c2ccccc2)n1. The molecule has 1 aromatic carbocycles. The summed E-state index contributed by atoms with van der Waals surface area (Å²) in [5.74, 6) is 1.24. The number of carbonyl (C=O) groups excluding carboxylic acids is 1. The van der Waals surface area contributed by atoms with Gasteiger partial charge in [0, 0.05) is 43.9 Å². The molecule has 2 aromatic rings. The number of hydrogen-bond donors (Lipinski definition) is 1. The predicted molar refractivity (Wildman–Crippen MR) is 99.8 cm³/mol. The lowest BCUT2D eigenvalue weighted by Crippen LogP contribution is -2.45. The molecule has 132 valence electrons. The van der Waals surface area contributed by atoms with Crippen molar-refractivity contribution in [3.8, 4) is 11.4 Å². The van der Waals surface area contributed by atoms with Gasteiger partial charge in [0.1, 0.15) is 11.5 Å². The van der Waals surface area contributed by atoms with Crippen molar-refractivity contribution in [2.45, 2.75) is 19.9 Å². The van der Waals surface area contributed by atoms with Gasteiger partial charge in [0.25, 0.3) is 5.91 Å². The van der Waals surface area contributed by atoms with Gasteiger partial charge in [-0.15, -0.1) is 0 Å². The van der Waals surface area contributed by atoms with Crippen LogP contribution in [0.15, 0.2) is 36.4 Å². The summed E-state index contributed by atoms with van der Waals surface area (Å²) < 4.78 is 0. The van der Waals surface area contributed by atoms with Crippen molar-refractivity contribution in [3.63, 3.8) is 0 Å². The second-order valence-corrected chi connectivity index (χ2v) is 6.72. The van der Waals surface area contributed by atoms with Crippen molar-refractivity contribution in [3.05, 3.63) is 42.1 Å². The number of anilines is 1. The fraction of sp³-hybridized carbons (Fsp3) is 0.421. The second kappa shape index (κ2) is 7.61. The van der Waals surface area contributed by atoms with Crippen LogP contribution >= 0.6 is 0 Å². The Hall–Kier alpha value is -2.47. The normalized spacial score (nSPS) is 15.4. The van der Waals surface area contributed by atoms with Gasteiger partial charge in [0.05, 0.1) is 0 Å². The number of aromatic nitrogens is 2. The van der Waals surface area contributed by atoms with E-state index in [9.17, 15) is 4.79 Å². The number of nitrogens with zero attached hydrogens (tertiary/aromatic N) is 4. The molecule has 2 heterocycles. The Morgan fingerprint density at radius 1 is 1.08 bits per heavy atom. The first-order valence-electron chi connectivity index (χ1n) is 8.72. The van der Waals surface area contributed by atoms with Gasteiger partial charge < -0.3 is 15.1 Å². The zero-order valence-corrected chi connectivity index (χ0v) is 15.1. The second-order valence-electron chi connectivity index (χ2n) is 6.72. The third kappa shape index (κ3) is 4.33. The van der Waals surface area contributed by atoms with Crippen LogP contribution in [0.2, 0.25) is 0 Å². The van der Waals surface area contributed by atoms with E-state index >= 15 is 0 Å². The van der Waals surface area contributed by atoms with Gasteiger partial charge in [-0.05, 0) is 20.9 Å². The number of nitrogens with one attached hydrogen (secondary N) is 1. The Kier molecular flexibility index (Phi) is 5.28. The van der Waals surface area contributed by atoms with Gasteiger partial charge >= 0.3 is 0 Å². The van der Waals surface area contributed by atoms with Crippen LogP contribution in [0, 0.1) is 0 Å². The monoisotopic (exact) mass is 339 g/mol. The molecular formula is C19H25N5O. The maximum Gasteiger partial charge on any atom is 0.270 e. The number of piperazine rings is 1. The molecule has 1 aliphatic rings. The summed E-state index contributed by atoms with van der Waals surface area (Å²) in [6, 6.07) is 11.7. The lowest BCUT2D eigenvalue weighted by Gasteiger charge is -2.33. The molecule has 3 rings (SSSR count). The quantitative estimate of drug-likeness (QED) is 0.924. The van der Waals surface area contributed by atoms with Crippen molar-refractivity contribution in [1.82, 2.24) is 20.2 Å². The number of carbonyl (C=O) groups is 1. The summed E-state index contributed by atoms with van der Waals surface area (Å²) in [6.45, 7) is 7.65. The highest BCUT2D eigenvalue weighted by molar-refractivity contribution is 5.93. The average Bonchev–Trinajstić information content (AvgIpc) is 2.62. The van der Waals surface area contributed by atoms with Crippen molar-refractivity contribution in [2.75, 3.05) is 38.1 Å². The first kappa shape index (κ1) is 17.4. The zero-order chi connectivity index (χ0) is 17.8. The summed E-state index contributed by atoms with van der Waals surface area (Å²) in [5.41, 5.74) is 1.33. The van der Waals surface area contributed by atoms with Crippen LogP contribution in [-0.2, 0) is 0 Å². The summed E-state index contributed by atoms with van der Waals surface area (Å²) >= 11 is 0. The molecule has 0 unspecified atom stereocenters. The molecule has 0 bridgehead atoms. The fourth-order valence-electron chi connectivity index (χ4n) is 2.80. The zero-order valence-electron chi connectivity index (χ0n) is 15.1. The molecule has 0 spiro atoms. The lowest BCUT2D eigenvalue weighted by atomic mass is 10.2. The van der Waals surface area contributed by atoms with E-state index < -0.39 is 0 Å². The molecule has 1 saturated heterocycles. The molecule has 1 amide bonds. The van der Waals surface area contributed by atoms with Crippen LogP contribution in [0.5, 0.6) is 0 Å². The van der Waals surface area contributed by atoms with E-state index in [0.717, 1.165) is 37.6 Å².